The van der Waals surface area contributed by atoms with E-state index in [1.54, 1.807) is 24.5 Å². The minimum absolute atomic E-state index is 0.244. The molecule has 3 nitrogen and oxygen atoms in total. The first-order valence-electron chi connectivity index (χ1n) is 6.10. The van der Waals surface area contributed by atoms with Crippen molar-refractivity contribution in [3.63, 3.8) is 0 Å². The van der Waals surface area contributed by atoms with E-state index < -0.39 is 0 Å². The first-order valence-corrected chi connectivity index (χ1v) is 7.77. The van der Waals surface area contributed by atoms with Gasteiger partial charge in [0.25, 0.3) is 0 Å². The zero-order chi connectivity index (χ0) is 14.4. The third-order valence-corrected chi connectivity index (χ3v) is 4.34. The summed E-state index contributed by atoms with van der Waals surface area (Å²) >= 11 is 5.10. The molecule has 0 aliphatic rings. The van der Waals surface area contributed by atoms with Crippen molar-refractivity contribution in [3.8, 4) is 0 Å². The summed E-state index contributed by atoms with van der Waals surface area (Å²) in [6, 6.07) is 8.71. The molecule has 0 saturated carbocycles. The van der Waals surface area contributed by atoms with Gasteiger partial charge in [-0.25, -0.2) is 4.39 Å². The van der Waals surface area contributed by atoms with Crippen LogP contribution in [0.2, 0.25) is 0 Å². The molecule has 0 radical (unpaired) electrons. The number of hydrogen-bond acceptors (Lipinski definition) is 2. The molecular weight excluding hydrogens is 341 g/mol. The fourth-order valence-corrected chi connectivity index (χ4v) is 2.69. The van der Waals surface area contributed by atoms with Crippen LogP contribution in [0.5, 0.6) is 0 Å². The molecule has 1 aromatic heterocycles. The van der Waals surface area contributed by atoms with Gasteiger partial charge in [0.2, 0.25) is 0 Å². The van der Waals surface area contributed by atoms with Crippen molar-refractivity contribution < 1.29 is 4.39 Å². The summed E-state index contributed by atoms with van der Waals surface area (Å²) in [5.74, 6) is 0.445. The van der Waals surface area contributed by atoms with Gasteiger partial charge < -0.3 is 10.6 Å². The Morgan fingerprint density at radius 2 is 2.10 bits per heavy atom. The first-order chi connectivity index (χ1) is 9.69. The second-order valence-corrected chi connectivity index (χ2v) is 5.98. The maximum atomic E-state index is 13.2. The van der Waals surface area contributed by atoms with E-state index in [9.17, 15) is 4.39 Å². The highest BCUT2D eigenvalue weighted by molar-refractivity contribution is 9.10. The Morgan fingerprint density at radius 1 is 1.30 bits per heavy atom. The van der Waals surface area contributed by atoms with E-state index in [0.29, 0.717) is 12.5 Å². The van der Waals surface area contributed by atoms with Gasteiger partial charge in [-0.05, 0) is 35.2 Å². The molecule has 0 amide bonds. The Kier molecular flexibility index (Phi) is 5.55. The molecule has 0 fully saturated rings. The Hall–Kier alpha value is -1.40. The molecule has 1 aromatic carbocycles. The number of halogens is 2. The minimum Gasteiger partial charge on any atom is -0.352 e. The normalized spacial score (nSPS) is 11.4. The zero-order valence-electron chi connectivity index (χ0n) is 11.0. The van der Waals surface area contributed by atoms with E-state index in [4.69, 9.17) is 0 Å². The summed E-state index contributed by atoms with van der Waals surface area (Å²) < 4.78 is 14.1. The number of aliphatic imine (C=N–C) groups is 1. The predicted molar refractivity (Wildman–Crippen MR) is 85.5 cm³/mol. The maximum Gasteiger partial charge on any atom is 0.191 e. The van der Waals surface area contributed by atoms with Crippen LogP contribution < -0.4 is 10.6 Å². The Morgan fingerprint density at radius 3 is 2.80 bits per heavy atom. The van der Waals surface area contributed by atoms with Crippen molar-refractivity contribution in [2.75, 3.05) is 7.05 Å². The van der Waals surface area contributed by atoms with E-state index >= 15 is 0 Å². The first kappa shape index (κ1) is 15.0. The average Bonchev–Trinajstić information content (AvgIpc) is 2.96. The molecule has 0 spiro atoms. The molecule has 2 aromatic rings. The third kappa shape index (κ3) is 4.31. The lowest BCUT2D eigenvalue weighted by Crippen LogP contribution is -2.36. The fraction of sp³-hybridized carbons (Fsp3) is 0.214. The summed E-state index contributed by atoms with van der Waals surface area (Å²) in [7, 11) is 1.71. The van der Waals surface area contributed by atoms with Crippen LogP contribution in [0, 0.1) is 5.82 Å². The second kappa shape index (κ2) is 7.40. The molecule has 0 saturated heterocycles. The van der Waals surface area contributed by atoms with Crippen molar-refractivity contribution in [3.05, 3.63) is 56.4 Å². The van der Waals surface area contributed by atoms with Gasteiger partial charge >= 0.3 is 0 Å². The van der Waals surface area contributed by atoms with Crippen LogP contribution >= 0.6 is 27.3 Å². The quantitative estimate of drug-likeness (QED) is 0.650. The fourth-order valence-electron chi connectivity index (χ4n) is 1.66. The maximum absolute atomic E-state index is 13.2. The van der Waals surface area contributed by atoms with Crippen LogP contribution in [0.25, 0.3) is 0 Å². The number of nitrogens with zero attached hydrogens (tertiary/aromatic N) is 1. The summed E-state index contributed by atoms with van der Waals surface area (Å²) in [6.07, 6.45) is 0. The van der Waals surface area contributed by atoms with Gasteiger partial charge in [0, 0.05) is 22.9 Å². The van der Waals surface area contributed by atoms with Crippen molar-refractivity contribution in [1.82, 2.24) is 10.6 Å². The van der Waals surface area contributed by atoms with Crippen LogP contribution in [0.4, 0.5) is 4.39 Å². The van der Waals surface area contributed by atoms with Crippen LogP contribution in [0.15, 0.2) is 45.2 Å². The van der Waals surface area contributed by atoms with E-state index in [0.717, 1.165) is 16.6 Å². The van der Waals surface area contributed by atoms with Crippen molar-refractivity contribution >= 4 is 33.2 Å². The molecule has 0 unspecified atom stereocenters. The van der Waals surface area contributed by atoms with E-state index in [1.807, 2.05) is 11.4 Å². The molecule has 106 valence electrons. The SMILES string of the molecule is CN=C(NCc1cccs1)NCc1cc(F)ccc1Br. The average molecular weight is 356 g/mol. The van der Waals surface area contributed by atoms with Crippen molar-refractivity contribution in [2.45, 2.75) is 13.1 Å². The summed E-state index contributed by atoms with van der Waals surface area (Å²) in [5, 5.41) is 8.42. The van der Waals surface area contributed by atoms with Crippen molar-refractivity contribution in [1.29, 1.82) is 0 Å². The van der Waals surface area contributed by atoms with Crippen LogP contribution in [-0.2, 0) is 13.1 Å². The topological polar surface area (TPSA) is 36.4 Å². The molecule has 1 heterocycles. The third-order valence-electron chi connectivity index (χ3n) is 2.69. The number of thiophene rings is 1. The van der Waals surface area contributed by atoms with Gasteiger partial charge in [0.05, 0.1) is 6.54 Å². The largest absolute Gasteiger partial charge is 0.352 e. The molecule has 2 N–H and O–H groups in total. The molecule has 2 rings (SSSR count). The smallest absolute Gasteiger partial charge is 0.191 e. The molecule has 0 bridgehead atoms. The lowest BCUT2D eigenvalue weighted by molar-refractivity contribution is 0.624. The Bertz CT molecular complexity index is 584. The van der Waals surface area contributed by atoms with Gasteiger partial charge in [-0.2, -0.15) is 0 Å². The highest BCUT2D eigenvalue weighted by Crippen LogP contribution is 2.17. The molecular formula is C14H15BrFN3S. The highest BCUT2D eigenvalue weighted by atomic mass is 79.9. The van der Waals surface area contributed by atoms with E-state index in [2.05, 4.69) is 37.6 Å². The van der Waals surface area contributed by atoms with Gasteiger partial charge in [-0.3, -0.25) is 4.99 Å². The number of hydrogen-bond donors (Lipinski definition) is 2. The van der Waals surface area contributed by atoms with Crippen LogP contribution in [0.1, 0.15) is 10.4 Å². The number of benzene rings is 1. The van der Waals surface area contributed by atoms with Gasteiger partial charge in [-0.1, -0.05) is 22.0 Å². The van der Waals surface area contributed by atoms with E-state index in [1.165, 1.54) is 17.0 Å². The van der Waals surface area contributed by atoms with Gasteiger partial charge in [0.1, 0.15) is 5.82 Å². The highest BCUT2D eigenvalue weighted by Gasteiger charge is 2.04. The number of guanidine groups is 1. The predicted octanol–water partition coefficient (Wildman–Crippen LogP) is 3.51. The van der Waals surface area contributed by atoms with Crippen LogP contribution in [-0.4, -0.2) is 13.0 Å². The van der Waals surface area contributed by atoms with Gasteiger partial charge in [0.15, 0.2) is 5.96 Å². The lowest BCUT2D eigenvalue weighted by Gasteiger charge is -2.12. The summed E-state index contributed by atoms with van der Waals surface area (Å²) in [4.78, 5) is 5.38. The monoisotopic (exact) mass is 355 g/mol. The molecule has 20 heavy (non-hydrogen) atoms. The number of rotatable bonds is 4. The minimum atomic E-state index is -0.244. The molecule has 0 aliphatic heterocycles. The standard InChI is InChI=1S/C14H15BrFN3S/c1-17-14(19-9-12-3-2-6-20-12)18-8-10-7-11(16)4-5-13(10)15/h2-7H,8-9H2,1H3,(H2,17,18,19). The van der Waals surface area contributed by atoms with Crippen LogP contribution in [0.3, 0.4) is 0 Å². The molecule has 0 atom stereocenters. The Balaban J connectivity index is 1.89. The van der Waals surface area contributed by atoms with Gasteiger partial charge in [-0.15, -0.1) is 11.3 Å². The zero-order valence-corrected chi connectivity index (χ0v) is 13.4. The lowest BCUT2D eigenvalue weighted by atomic mass is 10.2. The Labute approximate surface area is 130 Å². The molecule has 6 heteroatoms. The second-order valence-electron chi connectivity index (χ2n) is 4.09. The number of nitrogens with one attached hydrogen (secondary N) is 2. The summed E-state index contributed by atoms with van der Waals surface area (Å²) in [5.41, 5.74) is 0.851. The van der Waals surface area contributed by atoms with Crippen molar-refractivity contribution in [2.24, 2.45) is 4.99 Å². The summed E-state index contributed by atoms with van der Waals surface area (Å²) in [6.45, 7) is 1.23. The van der Waals surface area contributed by atoms with E-state index in [-0.39, 0.29) is 5.82 Å². The molecule has 0 aliphatic carbocycles.